The number of aliphatic hydroxyl groups is 1. The van der Waals surface area contributed by atoms with Gasteiger partial charge in [-0.05, 0) is 5.56 Å². The number of hydrogen-bond acceptors (Lipinski definition) is 1. The van der Waals surface area contributed by atoms with Gasteiger partial charge in [0.05, 0.1) is 11.4 Å². The zero-order valence-electron chi connectivity index (χ0n) is 5.50. The van der Waals surface area contributed by atoms with Crippen LogP contribution in [0.3, 0.4) is 0 Å². The quantitative estimate of drug-likeness (QED) is 0.726. The summed E-state index contributed by atoms with van der Waals surface area (Å²) >= 11 is 3.33. The molecule has 0 amide bonds. The standard InChI is InChI=1S/C8H9BrO/c9-8(6-10)7-4-2-1-3-5-7/h1-5,8,10H,6H2/t8-/m1/s1. The summed E-state index contributed by atoms with van der Waals surface area (Å²) in [5.41, 5.74) is 1.12. The van der Waals surface area contributed by atoms with Crippen LogP contribution in [0, 0.1) is 0 Å². The van der Waals surface area contributed by atoms with Crippen LogP contribution in [0.1, 0.15) is 10.4 Å². The van der Waals surface area contributed by atoms with Crippen molar-refractivity contribution in [1.82, 2.24) is 0 Å². The number of rotatable bonds is 2. The van der Waals surface area contributed by atoms with Gasteiger partial charge >= 0.3 is 0 Å². The Balaban J connectivity index is 2.75. The SMILES string of the molecule is OC[C@@H](Br)c1ccccc1. The van der Waals surface area contributed by atoms with Crippen molar-refractivity contribution in [2.45, 2.75) is 4.83 Å². The van der Waals surface area contributed by atoms with Gasteiger partial charge in [0.25, 0.3) is 0 Å². The van der Waals surface area contributed by atoms with Crippen molar-refractivity contribution in [3.05, 3.63) is 35.9 Å². The molecule has 0 aliphatic heterocycles. The van der Waals surface area contributed by atoms with E-state index in [1.54, 1.807) is 0 Å². The topological polar surface area (TPSA) is 20.2 Å². The minimum absolute atomic E-state index is 0.0775. The third-order valence-corrected chi connectivity index (χ3v) is 2.14. The molecule has 54 valence electrons. The summed E-state index contributed by atoms with van der Waals surface area (Å²) in [5, 5.41) is 8.74. The third kappa shape index (κ3) is 1.82. The van der Waals surface area contributed by atoms with Crippen LogP contribution in [0.2, 0.25) is 0 Å². The molecule has 0 radical (unpaired) electrons. The van der Waals surface area contributed by atoms with E-state index in [0.717, 1.165) is 5.56 Å². The van der Waals surface area contributed by atoms with Crippen molar-refractivity contribution < 1.29 is 5.11 Å². The molecule has 0 saturated carbocycles. The average Bonchev–Trinajstić information content (AvgIpc) is 2.05. The van der Waals surface area contributed by atoms with Gasteiger partial charge in [0, 0.05) is 0 Å². The van der Waals surface area contributed by atoms with Gasteiger partial charge in [0.15, 0.2) is 0 Å². The van der Waals surface area contributed by atoms with Crippen molar-refractivity contribution >= 4 is 15.9 Å². The lowest BCUT2D eigenvalue weighted by atomic mass is 10.2. The normalized spacial score (nSPS) is 13.0. The summed E-state index contributed by atoms with van der Waals surface area (Å²) in [6.07, 6.45) is 0. The summed E-state index contributed by atoms with van der Waals surface area (Å²) < 4.78 is 0. The first-order valence-corrected chi connectivity index (χ1v) is 4.06. The van der Waals surface area contributed by atoms with E-state index in [1.165, 1.54) is 0 Å². The Morgan fingerprint density at radius 1 is 1.30 bits per heavy atom. The van der Waals surface area contributed by atoms with Crippen molar-refractivity contribution in [3.8, 4) is 0 Å². The molecule has 0 bridgehead atoms. The van der Waals surface area contributed by atoms with Crippen LogP contribution in [0.4, 0.5) is 0 Å². The fraction of sp³-hybridized carbons (Fsp3) is 0.250. The zero-order chi connectivity index (χ0) is 7.40. The maximum absolute atomic E-state index is 8.74. The molecule has 0 aliphatic rings. The first kappa shape index (κ1) is 7.76. The van der Waals surface area contributed by atoms with Crippen molar-refractivity contribution in [2.75, 3.05) is 6.61 Å². The van der Waals surface area contributed by atoms with Gasteiger partial charge in [-0.3, -0.25) is 0 Å². The molecule has 10 heavy (non-hydrogen) atoms. The molecule has 0 aromatic heterocycles. The molecule has 0 aliphatic carbocycles. The molecule has 0 unspecified atom stereocenters. The fourth-order valence-corrected chi connectivity index (χ4v) is 1.07. The highest BCUT2D eigenvalue weighted by Crippen LogP contribution is 2.20. The van der Waals surface area contributed by atoms with Crippen molar-refractivity contribution in [3.63, 3.8) is 0 Å². The van der Waals surface area contributed by atoms with Crippen LogP contribution < -0.4 is 0 Å². The van der Waals surface area contributed by atoms with Crippen LogP contribution in [0.5, 0.6) is 0 Å². The molecule has 0 spiro atoms. The van der Waals surface area contributed by atoms with E-state index in [-0.39, 0.29) is 11.4 Å². The average molecular weight is 201 g/mol. The number of benzene rings is 1. The molecule has 1 nitrogen and oxygen atoms in total. The lowest BCUT2D eigenvalue weighted by Gasteiger charge is -2.03. The summed E-state index contributed by atoms with van der Waals surface area (Å²) in [4.78, 5) is 0.0775. The Morgan fingerprint density at radius 3 is 2.40 bits per heavy atom. The van der Waals surface area contributed by atoms with Gasteiger partial charge < -0.3 is 5.11 Å². The molecule has 1 N–H and O–H groups in total. The van der Waals surface area contributed by atoms with E-state index in [2.05, 4.69) is 15.9 Å². The highest BCUT2D eigenvalue weighted by Gasteiger charge is 2.02. The molecule has 0 heterocycles. The van der Waals surface area contributed by atoms with Gasteiger partial charge in [0.1, 0.15) is 0 Å². The fourth-order valence-electron chi connectivity index (χ4n) is 0.767. The first-order chi connectivity index (χ1) is 4.84. The Labute approximate surface area is 68.8 Å². The minimum atomic E-state index is 0.0775. The number of hydrogen-bond donors (Lipinski definition) is 1. The van der Waals surface area contributed by atoms with Crippen LogP contribution in [-0.4, -0.2) is 11.7 Å². The first-order valence-electron chi connectivity index (χ1n) is 3.14. The highest BCUT2D eigenvalue weighted by atomic mass is 79.9. The molecule has 0 fully saturated rings. The van der Waals surface area contributed by atoms with Gasteiger partial charge in [-0.25, -0.2) is 0 Å². The molecule has 1 aromatic carbocycles. The Hall–Kier alpha value is -0.340. The van der Waals surface area contributed by atoms with E-state index in [0.29, 0.717) is 0 Å². The second-order valence-electron chi connectivity index (χ2n) is 2.06. The van der Waals surface area contributed by atoms with Crippen molar-refractivity contribution in [2.24, 2.45) is 0 Å². The van der Waals surface area contributed by atoms with Gasteiger partial charge in [-0.1, -0.05) is 46.3 Å². The predicted octanol–water partition coefficient (Wildman–Crippen LogP) is 2.11. The lowest BCUT2D eigenvalue weighted by Crippen LogP contribution is -1.93. The predicted molar refractivity (Wildman–Crippen MR) is 45.2 cm³/mol. The lowest BCUT2D eigenvalue weighted by molar-refractivity contribution is 0.298. The Kier molecular flexibility index (Phi) is 2.90. The van der Waals surface area contributed by atoms with E-state index < -0.39 is 0 Å². The Morgan fingerprint density at radius 2 is 1.90 bits per heavy atom. The summed E-state index contributed by atoms with van der Waals surface area (Å²) in [7, 11) is 0. The van der Waals surface area contributed by atoms with Gasteiger partial charge in [-0.15, -0.1) is 0 Å². The van der Waals surface area contributed by atoms with Crippen LogP contribution >= 0.6 is 15.9 Å². The molecule has 1 aromatic rings. The van der Waals surface area contributed by atoms with E-state index >= 15 is 0 Å². The van der Waals surface area contributed by atoms with Crippen molar-refractivity contribution in [1.29, 1.82) is 0 Å². The molecule has 1 atom stereocenters. The number of halogens is 1. The van der Waals surface area contributed by atoms with Gasteiger partial charge in [0.2, 0.25) is 0 Å². The van der Waals surface area contributed by atoms with Crippen LogP contribution in [-0.2, 0) is 0 Å². The smallest absolute Gasteiger partial charge is 0.0626 e. The molecular weight excluding hydrogens is 192 g/mol. The second kappa shape index (κ2) is 3.74. The molecule has 0 saturated heterocycles. The minimum Gasteiger partial charge on any atom is -0.395 e. The van der Waals surface area contributed by atoms with Crippen LogP contribution in [0.25, 0.3) is 0 Å². The monoisotopic (exact) mass is 200 g/mol. The molecule has 2 heteroatoms. The van der Waals surface area contributed by atoms with E-state index in [1.807, 2.05) is 30.3 Å². The van der Waals surface area contributed by atoms with Crippen LogP contribution in [0.15, 0.2) is 30.3 Å². The number of aliphatic hydroxyl groups excluding tert-OH is 1. The maximum Gasteiger partial charge on any atom is 0.0626 e. The van der Waals surface area contributed by atoms with E-state index in [4.69, 9.17) is 5.11 Å². The Bertz CT molecular complexity index is 186. The molecular formula is C8H9BrO. The third-order valence-electron chi connectivity index (χ3n) is 1.32. The van der Waals surface area contributed by atoms with E-state index in [9.17, 15) is 0 Å². The number of alkyl halides is 1. The summed E-state index contributed by atoms with van der Waals surface area (Å²) in [6.45, 7) is 0.143. The summed E-state index contributed by atoms with van der Waals surface area (Å²) in [5.74, 6) is 0. The second-order valence-corrected chi connectivity index (χ2v) is 3.17. The summed E-state index contributed by atoms with van der Waals surface area (Å²) in [6, 6.07) is 9.84. The van der Waals surface area contributed by atoms with Gasteiger partial charge in [-0.2, -0.15) is 0 Å². The molecule has 1 rings (SSSR count). The largest absolute Gasteiger partial charge is 0.395 e. The maximum atomic E-state index is 8.74. The zero-order valence-corrected chi connectivity index (χ0v) is 7.08. The highest BCUT2D eigenvalue weighted by molar-refractivity contribution is 9.09.